The maximum Gasteiger partial charge on any atom is 0.312 e. The van der Waals surface area contributed by atoms with E-state index >= 15 is 0 Å². The molecular formula is C16H11N3O4. The molecule has 0 saturated carbocycles. The normalized spacial score (nSPS) is 10.4. The Hall–Kier alpha value is -3.48. The maximum absolute atomic E-state index is 11.2. The fraction of sp³-hybridized carbons (Fsp3) is 0. The van der Waals surface area contributed by atoms with Crippen LogP contribution in [-0.4, -0.2) is 15.8 Å². The highest BCUT2D eigenvalue weighted by Crippen LogP contribution is 2.33. The fourth-order valence-electron chi connectivity index (χ4n) is 2.15. The van der Waals surface area contributed by atoms with Gasteiger partial charge in [-0.15, -0.1) is 0 Å². The molecule has 0 radical (unpaired) electrons. The highest BCUT2D eigenvalue weighted by molar-refractivity contribution is 5.93. The van der Waals surface area contributed by atoms with Crippen LogP contribution in [0.3, 0.4) is 0 Å². The molecular weight excluding hydrogens is 298 g/mol. The Morgan fingerprint density at radius 3 is 2.70 bits per heavy atom. The van der Waals surface area contributed by atoms with Gasteiger partial charge in [-0.1, -0.05) is 6.07 Å². The van der Waals surface area contributed by atoms with E-state index in [1.54, 1.807) is 24.5 Å². The maximum atomic E-state index is 11.2. The first-order chi connectivity index (χ1) is 11.0. The lowest BCUT2D eigenvalue weighted by Gasteiger charge is -2.08. The van der Waals surface area contributed by atoms with Gasteiger partial charge in [0.1, 0.15) is 5.75 Å². The summed E-state index contributed by atoms with van der Waals surface area (Å²) in [5, 5.41) is 13.0. The van der Waals surface area contributed by atoms with Gasteiger partial charge in [-0.05, 0) is 35.7 Å². The number of nitrogens with zero attached hydrogens (tertiary/aromatic N) is 2. The van der Waals surface area contributed by atoms with Gasteiger partial charge < -0.3 is 10.5 Å². The molecule has 114 valence electrons. The summed E-state index contributed by atoms with van der Waals surface area (Å²) < 4.78 is 5.59. The third-order valence-electron chi connectivity index (χ3n) is 3.28. The van der Waals surface area contributed by atoms with Crippen LogP contribution in [0.15, 0.2) is 54.9 Å². The van der Waals surface area contributed by atoms with Crippen molar-refractivity contribution in [2.45, 2.75) is 0 Å². The summed E-state index contributed by atoms with van der Waals surface area (Å²) >= 11 is 0. The van der Waals surface area contributed by atoms with Crippen LogP contribution in [0.5, 0.6) is 11.5 Å². The monoisotopic (exact) mass is 309 g/mol. The Balaban J connectivity index is 2.00. The molecule has 3 rings (SSSR count). The van der Waals surface area contributed by atoms with Gasteiger partial charge >= 0.3 is 5.69 Å². The number of amides is 1. The number of ether oxygens (including phenoxy) is 1. The number of benzene rings is 2. The van der Waals surface area contributed by atoms with E-state index in [9.17, 15) is 14.9 Å². The number of rotatable bonds is 4. The Kier molecular flexibility index (Phi) is 3.60. The van der Waals surface area contributed by atoms with Crippen molar-refractivity contribution in [2.75, 3.05) is 0 Å². The molecule has 0 aliphatic carbocycles. The zero-order valence-electron chi connectivity index (χ0n) is 11.8. The molecule has 0 spiro atoms. The van der Waals surface area contributed by atoms with Crippen molar-refractivity contribution < 1.29 is 14.5 Å². The number of primary amides is 1. The van der Waals surface area contributed by atoms with Crippen molar-refractivity contribution in [1.82, 2.24) is 4.98 Å². The molecule has 2 N–H and O–H groups in total. The van der Waals surface area contributed by atoms with Gasteiger partial charge in [-0.2, -0.15) is 0 Å². The molecule has 0 aliphatic rings. The van der Waals surface area contributed by atoms with Crippen LogP contribution >= 0.6 is 0 Å². The number of nitro benzene ring substituents is 1. The number of nitrogens with two attached hydrogens (primary N) is 1. The van der Waals surface area contributed by atoms with Crippen LogP contribution in [0.4, 0.5) is 5.69 Å². The molecule has 0 saturated heterocycles. The first-order valence-corrected chi connectivity index (χ1v) is 6.64. The van der Waals surface area contributed by atoms with Gasteiger partial charge in [0.25, 0.3) is 0 Å². The third-order valence-corrected chi connectivity index (χ3v) is 3.28. The predicted molar refractivity (Wildman–Crippen MR) is 83.4 cm³/mol. The second-order valence-corrected chi connectivity index (χ2v) is 4.79. The van der Waals surface area contributed by atoms with E-state index in [1.807, 2.05) is 12.1 Å². The average molecular weight is 309 g/mol. The predicted octanol–water partition coefficient (Wildman–Crippen LogP) is 3.03. The lowest BCUT2D eigenvalue weighted by Crippen LogP contribution is -2.11. The summed E-state index contributed by atoms with van der Waals surface area (Å²) in [5.41, 5.74) is 4.86. The van der Waals surface area contributed by atoms with Gasteiger partial charge in [0.15, 0.2) is 0 Å². The lowest BCUT2D eigenvalue weighted by atomic mass is 10.1. The van der Waals surface area contributed by atoms with Crippen LogP contribution in [0.1, 0.15) is 10.4 Å². The topological polar surface area (TPSA) is 108 Å². The van der Waals surface area contributed by atoms with Crippen LogP contribution in [-0.2, 0) is 0 Å². The quantitative estimate of drug-likeness (QED) is 0.588. The first-order valence-electron chi connectivity index (χ1n) is 6.64. The minimum atomic E-state index is -0.739. The van der Waals surface area contributed by atoms with E-state index in [2.05, 4.69) is 4.98 Å². The summed E-state index contributed by atoms with van der Waals surface area (Å²) in [6, 6.07) is 10.9. The Bertz CT molecular complexity index is 924. The van der Waals surface area contributed by atoms with Crippen LogP contribution < -0.4 is 10.5 Å². The first kappa shape index (κ1) is 14.5. The van der Waals surface area contributed by atoms with Crippen molar-refractivity contribution >= 4 is 22.4 Å². The van der Waals surface area contributed by atoms with Crippen molar-refractivity contribution in [3.8, 4) is 11.5 Å². The molecule has 23 heavy (non-hydrogen) atoms. The van der Waals surface area contributed by atoms with Gasteiger partial charge in [-0.25, -0.2) is 0 Å². The summed E-state index contributed by atoms with van der Waals surface area (Å²) in [6.07, 6.45) is 3.35. The zero-order valence-corrected chi connectivity index (χ0v) is 11.8. The van der Waals surface area contributed by atoms with Crippen LogP contribution in [0, 0.1) is 10.1 Å². The molecule has 0 fully saturated rings. The SMILES string of the molecule is NC(=O)c1ccc(Oc2ccc3ccncc3c2)c([N+](=O)[O-])c1. The summed E-state index contributed by atoms with van der Waals surface area (Å²) in [6.45, 7) is 0. The second kappa shape index (κ2) is 5.72. The average Bonchev–Trinajstić information content (AvgIpc) is 2.54. The molecule has 0 unspecified atom stereocenters. The van der Waals surface area contributed by atoms with Crippen molar-refractivity contribution in [3.63, 3.8) is 0 Å². The van der Waals surface area contributed by atoms with Gasteiger partial charge in [0.2, 0.25) is 11.7 Å². The molecule has 1 amide bonds. The van der Waals surface area contributed by atoms with E-state index in [4.69, 9.17) is 10.5 Å². The number of hydrogen-bond acceptors (Lipinski definition) is 5. The number of aromatic nitrogens is 1. The van der Waals surface area contributed by atoms with E-state index in [0.29, 0.717) is 5.75 Å². The van der Waals surface area contributed by atoms with Crippen LogP contribution in [0.25, 0.3) is 10.8 Å². The lowest BCUT2D eigenvalue weighted by molar-refractivity contribution is -0.385. The highest BCUT2D eigenvalue weighted by Gasteiger charge is 2.18. The molecule has 7 nitrogen and oxygen atoms in total. The molecule has 1 aromatic heterocycles. The number of hydrogen-bond donors (Lipinski definition) is 1. The van der Waals surface area contributed by atoms with Gasteiger partial charge in [0.05, 0.1) is 4.92 Å². The minimum Gasteiger partial charge on any atom is -0.450 e. The van der Waals surface area contributed by atoms with Gasteiger partial charge in [-0.3, -0.25) is 19.9 Å². The van der Waals surface area contributed by atoms with Crippen molar-refractivity contribution in [1.29, 1.82) is 0 Å². The number of carbonyl (C=O) groups is 1. The highest BCUT2D eigenvalue weighted by atomic mass is 16.6. The Morgan fingerprint density at radius 2 is 1.96 bits per heavy atom. The second-order valence-electron chi connectivity index (χ2n) is 4.79. The Labute approximate surface area is 130 Å². The zero-order chi connectivity index (χ0) is 16.4. The summed E-state index contributed by atoms with van der Waals surface area (Å²) in [7, 11) is 0. The number of carbonyl (C=O) groups excluding carboxylic acids is 1. The smallest absolute Gasteiger partial charge is 0.312 e. The number of fused-ring (bicyclic) bond motifs is 1. The molecule has 0 atom stereocenters. The standard InChI is InChI=1S/C16H11N3O4/c17-16(20)11-2-4-15(14(8-11)19(21)22)23-13-3-1-10-5-6-18-9-12(10)7-13/h1-9H,(H2,17,20). The van der Waals surface area contributed by atoms with E-state index < -0.39 is 10.8 Å². The molecule has 3 aromatic rings. The summed E-state index contributed by atoms with van der Waals surface area (Å²) in [5.74, 6) is -0.278. The van der Waals surface area contributed by atoms with Crippen LogP contribution in [0.2, 0.25) is 0 Å². The minimum absolute atomic E-state index is 0.0308. The molecule has 2 aromatic carbocycles. The molecule has 0 aliphatic heterocycles. The summed E-state index contributed by atoms with van der Waals surface area (Å²) in [4.78, 5) is 25.7. The third kappa shape index (κ3) is 2.93. The van der Waals surface area contributed by atoms with E-state index in [0.717, 1.165) is 16.8 Å². The number of nitro groups is 1. The molecule has 1 heterocycles. The van der Waals surface area contributed by atoms with E-state index in [1.165, 1.54) is 12.1 Å². The molecule has 7 heteroatoms. The fourth-order valence-corrected chi connectivity index (χ4v) is 2.15. The van der Waals surface area contributed by atoms with Crippen molar-refractivity contribution in [3.05, 3.63) is 70.5 Å². The molecule has 0 bridgehead atoms. The largest absolute Gasteiger partial charge is 0.450 e. The Morgan fingerprint density at radius 1 is 1.13 bits per heavy atom. The van der Waals surface area contributed by atoms with E-state index in [-0.39, 0.29) is 17.0 Å². The van der Waals surface area contributed by atoms with Crippen molar-refractivity contribution in [2.24, 2.45) is 5.73 Å². The van der Waals surface area contributed by atoms with Gasteiger partial charge in [0, 0.05) is 29.4 Å². The number of pyridine rings is 1.